The van der Waals surface area contributed by atoms with Crippen molar-refractivity contribution in [2.24, 2.45) is 5.73 Å². The third-order valence-corrected chi connectivity index (χ3v) is 3.66. The van der Waals surface area contributed by atoms with Crippen LogP contribution in [0.3, 0.4) is 0 Å². The van der Waals surface area contributed by atoms with Crippen molar-refractivity contribution in [3.8, 4) is 11.5 Å². The normalized spacial score (nSPS) is 12.3. The molecule has 1 aromatic heterocycles. The molecule has 2 aromatic rings. The molecule has 0 aliphatic rings. The number of methoxy groups -OCH3 is 2. The van der Waals surface area contributed by atoms with E-state index < -0.39 is 6.04 Å². The molecule has 1 unspecified atom stereocenters. The molecule has 2 rings (SSSR count). The molecule has 0 amide bonds. The first-order valence-corrected chi connectivity index (χ1v) is 7.18. The lowest BCUT2D eigenvalue weighted by Crippen LogP contribution is -2.29. The van der Waals surface area contributed by atoms with Crippen molar-refractivity contribution >= 4 is 0 Å². The van der Waals surface area contributed by atoms with E-state index in [4.69, 9.17) is 15.2 Å². The number of rotatable bonds is 5. The van der Waals surface area contributed by atoms with E-state index in [-0.39, 0.29) is 11.6 Å². The Balaban J connectivity index is 2.46. The molecule has 0 bridgehead atoms. The van der Waals surface area contributed by atoms with Crippen molar-refractivity contribution in [1.82, 2.24) is 4.57 Å². The van der Waals surface area contributed by atoms with Crippen LogP contribution in [0.1, 0.15) is 37.1 Å². The monoisotopic (exact) mass is 302 g/mol. The van der Waals surface area contributed by atoms with Crippen LogP contribution in [0.15, 0.2) is 41.3 Å². The number of nitrogens with two attached hydrogens (primary N) is 1. The van der Waals surface area contributed by atoms with E-state index in [1.54, 1.807) is 43.2 Å². The summed E-state index contributed by atoms with van der Waals surface area (Å²) >= 11 is 0. The van der Waals surface area contributed by atoms with Gasteiger partial charge in [-0.25, -0.2) is 0 Å². The maximum Gasteiger partial charge on any atom is 0.255 e. The standard InChI is InChI=1S/C17H22N2O3/c1-11(2)19-9-5-6-13(17(19)20)16(18)12-7-8-14(21-3)15(10-12)22-4/h5-11,16H,18H2,1-4H3. The smallest absolute Gasteiger partial charge is 0.255 e. The zero-order chi connectivity index (χ0) is 16.3. The summed E-state index contributed by atoms with van der Waals surface area (Å²) in [6.45, 7) is 3.93. The second-order valence-corrected chi connectivity index (χ2v) is 5.36. The molecule has 0 spiro atoms. The van der Waals surface area contributed by atoms with Gasteiger partial charge in [0, 0.05) is 17.8 Å². The molecule has 1 heterocycles. The highest BCUT2D eigenvalue weighted by Gasteiger charge is 2.17. The lowest BCUT2D eigenvalue weighted by molar-refractivity contribution is 0.354. The van der Waals surface area contributed by atoms with E-state index in [0.717, 1.165) is 5.56 Å². The fourth-order valence-electron chi connectivity index (χ4n) is 2.40. The minimum absolute atomic E-state index is 0.0696. The minimum atomic E-state index is -0.515. The van der Waals surface area contributed by atoms with Crippen LogP contribution in [-0.2, 0) is 0 Å². The summed E-state index contributed by atoms with van der Waals surface area (Å²) in [5.74, 6) is 1.22. The summed E-state index contributed by atoms with van der Waals surface area (Å²) in [7, 11) is 3.15. The fourth-order valence-corrected chi connectivity index (χ4v) is 2.40. The number of hydrogen-bond acceptors (Lipinski definition) is 4. The lowest BCUT2D eigenvalue weighted by Gasteiger charge is -2.17. The van der Waals surface area contributed by atoms with Crippen LogP contribution >= 0.6 is 0 Å². The van der Waals surface area contributed by atoms with Crippen LogP contribution in [0, 0.1) is 0 Å². The summed E-state index contributed by atoms with van der Waals surface area (Å²) in [5, 5.41) is 0. The fraction of sp³-hybridized carbons (Fsp3) is 0.353. The summed E-state index contributed by atoms with van der Waals surface area (Å²) in [5.41, 5.74) is 7.58. The van der Waals surface area contributed by atoms with Crippen molar-refractivity contribution in [1.29, 1.82) is 0 Å². The van der Waals surface area contributed by atoms with Crippen LogP contribution in [-0.4, -0.2) is 18.8 Å². The highest BCUT2D eigenvalue weighted by atomic mass is 16.5. The highest BCUT2D eigenvalue weighted by Crippen LogP contribution is 2.30. The van der Waals surface area contributed by atoms with Crippen LogP contribution in [0.2, 0.25) is 0 Å². The molecule has 1 atom stereocenters. The van der Waals surface area contributed by atoms with Gasteiger partial charge in [0.1, 0.15) is 0 Å². The Labute approximate surface area is 130 Å². The van der Waals surface area contributed by atoms with Gasteiger partial charge in [-0.05, 0) is 37.6 Å². The summed E-state index contributed by atoms with van der Waals surface area (Å²) in [6, 6.07) is 8.62. The Kier molecular flexibility index (Phi) is 4.88. The van der Waals surface area contributed by atoms with Crippen molar-refractivity contribution in [2.45, 2.75) is 25.9 Å². The van der Waals surface area contributed by atoms with Gasteiger partial charge in [-0.1, -0.05) is 12.1 Å². The molecular formula is C17H22N2O3. The van der Waals surface area contributed by atoms with Crippen LogP contribution < -0.4 is 20.8 Å². The van der Waals surface area contributed by atoms with Crippen molar-refractivity contribution in [3.05, 3.63) is 58.0 Å². The molecule has 0 saturated heterocycles. The summed E-state index contributed by atoms with van der Waals surface area (Å²) in [4.78, 5) is 12.5. The Hall–Kier alpha value is -2.27. The maximum atomic E-state index is 12.5. The van der Waals surface area contributed by atoms with Gasteiger partial charge in [-0.15, -0.1) is 0 Å². The molecule has 0 aliphatic carbocycles. The molecule has 0 saturated carbocycles. The van der Waals surface area contributed by atoms with Gasteiger partial charge in [0.25, 0.3) is 5.56 Å². The first-order chi connectivity index (χ1) is 10.5. The van der Waals surface area contributed by atoms with Gasteiger partial charge in [0.15, 0.2) is 11.5 Å². The summed E-state index contributed by atoms with van der Waals surface area (Å²) in [6.07, 6.45) is 1.78. The van der Waals surface area contributed by atoms with Crippen molar-refractivity contribution < 1.29 is 9.47 Å². The van der Waals surface area contributed by atoms with Crippen LogP contribution in [0.5, 0.6) is 11.5 Å². The molecule has 118 valence electrons. The molecule has 5 heteroatoms. The molecule has 1 aromatic carbocycles. The van der Waals surface area contributed by atoms with E-state index in [9.17, 15) is 4.79 Å². The first kappa shape index (κ1) is 16.1. The lowest BCUT2D eigenvalue weighted by atomic mass is 10.00. The van der Waals surface area contributed by atoms with Gasteiger partial charge < -0.3 is 19.8 Å². The number of benzene rings is 1. The maximum absolute atomic E-state index is 12.5. The molecule has 5 nitrogen and oxygen atoms in total. The average molecular weight is 302 g/mol. The van der Waals surface area contributed by atoms with Gasteiger partial charge in [0.05, 0.1) is 20.3 Å². The van der Waals surface area contributed by atoms with E-state index in [1.165, 1.54) is 0 Å². The van der Waals surface area contributed by atoms with Crippen molar-refractivity contribution in [2.75, 3.05) is 14.2 Å². The van der Waals surface area contributed by atoms with Gasteiger partial charge in [-0.2, -0.15) is 0 Å². The molecule has 0 fully saturated rings. The topological polar surface area (TPSA) is 66.5 Å². The quantitative estimate of drug-likeness (QED) is 0.921. The molecular weight excluding hydrogens is 280 g/mol. The second kappa shape index (κ2) is 6.66. The Bertz CT molecular complexity index is 707. The highest BCUT2D eigenvalue weighted by molar-refractivity contribution is 5.45. The zero-order valence-corrected chi connectivity index (χ0v) is 13.4. The number of ether oxygens (including phenoxy) is 2. The Morgan fingerprint density at radius 1 is 1.09 bits per heavy atom. The largest absolute Gasteiger partial charge is 0.493 e. The predicted octanol–water partition coefficient (Wildman–Crippen LogP) is 2.49. The number of aromatic nitrogens is 1. The van der Waals surface area contributed by atoms with Gasteiger partial charge >= 0.3 is 0 Å². The second-order valence-electron chi connectivity index (χ2n) is 5.36. The minimum Gasteiger partial charge on any atom is -0.493 e. The van der Waals surface area contributed by atoms with E-state index in [2.05, 4.69) is 0 Å². The third kappa shape index (κ3) is 2.99. The Morgan fingerprint density at radius 3 is 2.36 bits per heavy atom. The SMILES string of the molecule is COc1ccc(C(N)c2cccn(C(C)C)c2=O)cc1OC. The Morgan fingerprint density at radius 2 is 1.77 bits per heavy atom. The number of pyridine rings is 1. The first-order valence-electron chi connectivity index (χ1n) is 7.18. The van der Waals surface area contributed by atoms with Crippen LogP contribution in [0.25, 0.3) is 0 Å². The molecule has 2 N–H and O–H groups in total. The third-order valence-electron chi connectivity index (χ3n) is 3.66. The van der Waals surface area contributed by atoms with E-state index >= 15 is 0 Å². The van der Waals surface area contributed by atoms with Gasteiger partial charge in [0.2, 0.25) is 0 Å². The molecule has 0 radical (unpaired) electrons. The number of nitrogens with zero attached hydrogens (tertiary/aromatic N) is 1. The van der Waals surface area contributed by atoms with E-state index in [1.807, 2.05) is 26.0 Å². The zero-order valence-electron chi connectivity index (χ0n) is 13.4. The molecule has 0 aliphatic heterocycles. The van der Waals surface area contributed by atoms with Gasteiger partial charge in [-0.3, -0.25) is 4.79 Å². The van der Waals surface area contributed by atoms with Crippen LogP contribution in [0.4, 0.5) is 0 Å². The number of hydrogen-bond donors (Lipinski definition) is 1. The van der Waals surface area contributed by atoms with Crippen molar-refractivity contribution in [3.63, 3.8) is 0 Å². The predicted molar refractivity (Wildman–Crippen MR) is 86.7 cm³/mol. The molecule has 22 heavy (non-hydrogen) atoms. The average Bonchev–Trinajstić information content (AvgIpc) is 2.53. The van der Waals surface area contributed by atoms with E-state index in [0.29, 0.717) is 17.1 Å². The summed E-state index contributed by atoms with van der Waals surface area (Å²) < 4.78 is 12.2.